The van der Waals surface area contributed by atoms with Crippen LogP contribution in [0.25, 0.3) is 10.9 Å². The molecule has 136 valence electrons. The smallest absolute Gasteiger partial charge is 0.337 e. The lowest BCUT2D eigenvalue weighted by molar-refractivity contribution is -0.137. The van der Waals surface area contributed by atoms with Gasteiger partial charge in [-0.2, -0.15) is 13.2 Å². The molecule has 3 rings (SSSR count). The van der Waals surface area contributed by atoms with Crippen molar-refractivity contribution in [3.8, 4) is 0 Å². The first kappa shape index (κ1) is 18.3. The van der Waals surface area contributed by atoms with Crippen molar-refractivity contribution in [3.63, 3.8) is 0 Å². The number of rotatable bonds is 3. The molecule has 0 unspecified atom stereocenters. The summed E-state index contributed by atoms with van der Waals surface area (Å²) in [6, 6.07) is 7.37. The molecule has 0 bridgehead atoms. The molecule has 0 spiro atoms. The van der Waals surface area contributed by atoms with E-state index >= 15 is 0 Å². The molecule has 2 heterocycles. The van der Waals surface area contributed by atoms with E-state index in [0.717, 1.165) is 28.6 Å². The molecule has 1 N–H and O–H groups in total. The van der Waals surface area contributed by atoms with E-state index in [9.17, 15) is 18.0 Å². The van der Waals surface area contributed by atoms with Crippen molar-refractivity contribution in [2.45, 2.75) is 26.6 Å². The topological polar surface area (TPSA) is 46.9 Å². The Labute approximate surface area is 152 Å². The number of fused-ring (bicyclic) bond motifs is 1. The van der Waals surface area contributed by atoms with Gasteiger partial charge in [0.2, 0.25) is 0 Å². The number of hydrogen-bond acceptors (Lipinski definition) is 2. The number of alkyl halides is 3. The molecule has 3 aromatic rings. The fourth-order valence-electron chi connectivity index (χ4n) is 2.93. The number of nitrogens with zero attached hydrogens (tertiary/aromatic N) is 2. The number of carbonyl (C=O) groups is 1. The van der Waals surface area contributed by atoms with Crippen LogP contribution in [0, 0.1) is 6.92 Å². The highest BCUT2D eigenvalue weighted by Crippen LogP contribution is 2.30. The third kappa shape index (κ3) is 3.26. The van der Waals surface area contributed by atoms with Gasteiger partial charge in [0.15, 0.2) is 0 Å². The van der Waals surface area contributed by atoms with E-state index in [1.54, 1.807) is 19.1 Å². The van der Waals surface area contributed by atoms with E-state index < -0.39 is 17.6 Å². The summed E-state index contributed by atoms with van der Waals surface area (Å²) in [5, 5.41) is 3.97. The Hall–Kier alpha value is -2.54. The summed E-state index contributed by atoms with van der Waals surface area (Å²) in [7, 11) is 0. The molecular weight excluding hydrogens is 367 g/mol. The molecule has 2 aromatic heterocycles. The second-order valence-electron chi connectivity index (χ2n) is 5.76. The Morgan fingerprint density at radius 2 is 2.00 bits per heavy atom. The van der Waals surface area contributed by atoms with E-state index in [1.807, 2.05) is 17.6 Å². The summed E-state index contributed by atoms with van der Waals surface area (Å²) >= 11 is 6.04. The van der Waals surface area contributed by atoms with E-state index in [2.05, 4.69) is 10.3 Å². The van der Waals surface area contributed by atoms with Gasteiger partial charge in [-0.3, -0.25) is 4.79 Å². The number of nitrogens with one attached hydrogen (secondary N) is 1. The monoisotopic (exact) mass is 381 g/mol. The van der Waals surface area contributed by atoms with Gasteiger partial charge in [0, 0.05) is 28.7 Å². The van der Waals surface area contributed by atoms with Crippen LogP contribution in [-0.4, -0.2) is 15.5 Å². The summed E-state index contributed by atoms with van der Waals surface area (Å²) in [5.74, 6) is -0.391. The lowest BCUT2D eigenvalue weighted by Gasteiger charge is -2.10. The minimum atomic E-state index is -4.47. The van der Waals surface area contributed by atoms with Gasteiger partial charge in [-0.1, -0.05) is 11.6 Å². The predicted molar refractivity (Wildman–Crippen MR) is 94.6 cm³/mol. The number of carbonyl (C=O) groups excluding carboxylic acids is 1. The van der Waals surface area contributed by atoms with E-state index in [-0.39, 0.29) is 5.82 Å². The van der Waals surface area contributed by atoms with Crippen LogP contribution >= 0.6 is 11.6 Å². The molecule has 26 heavy (non-hydrogen) atoms. The van der Waals surface area contributed by atoms with Crippen molar-refractivity contribution < 1.29 is 18.0 Å². The van der Waals surface area contributed by atoms with Gasteiger partial charge in [0.1, 0.15) is 11.5 Å². The molecule has 4 nitrogen and oxygen atoms in total. The molecule has 0 aliphatic carbocycles. The molecule has 0 atom stereocenters. The van der Waals surface area contributed by atoms with E-state index in [0.29, 0.717) is 23.5 Å². The number of halogens is 4. The highest BCUT2D eigenvalue weighted by atomic mass is 35.5. The van der Waals surface area contributed by atoms with Crippen LogP contribution in [0.5, 0.6) is 0 Å². The van der Waals surface area contributed by atoms with Crippen LogP contribution in [-0.2, 0) is 12.7 Å². The van der Waals surface area contributed by atoms with E-state index in [4.69, 9.17) is 11.6 Å². The molecule has 0 radical (unpaired) electrons. The fraction of sp³-hybridized carbons (Fsp3) is 0.222. The molecular formula is C18H15ClF3N3O. The molecule has 1 aromatic carbocycles. The lowest BCUT2D eigenvalue weighted by atomic mass is 10.1. The van der Waals surface area contributed by atoms with Crippen molar-refractivity contribution in [2.24, 2.45) is 0 Å². The lowest BCUT2D eigenvalue weighted by Crippen LogP contribution is -2.18. The minimum Gasteiger partial charge on any atom is -0.337 e. The summed E-state index contributed by atoms with van der Waals surface area (Å²) in [6.45, 7) is 4.26. The Balaban J connectivity index is 1.96. The van der Waals surface area contributed by atoms with Gasteiger partial charge in [-0.05, 0) is 49.7 Å². The highest BCUT2D eigenvalue weighted by Gasteiger charge is 2.30. The third-order valence-corrected chi connectivity index (χ3v) is 4.38. The average molecular weight is 382 g/mol. The zero-order valence-electron chi connectivity index (χ0n) is 14.0. The Morgan fingerprint density at radius 3 is 2.58 bits per heavy atom. The van der Waals surface area contributed by atoms with Crippen molar-refractivity contribution >= 4 is 34.2 Å². The van der Waals surface area contributed by atoms with Gasteiger partial charge < -0.3 is 9.88 Å². The highest BCUT2D eigenvalue weighted by molar-refractivity contribution is 6.31. The first-order valence-corrected chi connectivity index (χ1v) is 8.23. The maximum Gasteiger partial charge on any atom is 0.417 e. The van der Waals surface area contributed by atoms with Gasteiger partial charge in [0.25, 0.3) is 5.91 Å². The quantitative estimate of drug-likeness (QED) is 0.670. The van der Waals surface area contributed by atoms with E-state index in [1.165, 1.54) is 0 Å². The van der Waals surface area contributed by atoms with Gasteiger partial charge in [0.05, 0.1) is 5.56 Å². The molecule has 1 amide bonds. The van der Waals surface area contributed by atoms with Gasteiger partial charge in [-0.25, -0.2) is 4.98 Å². The SMILES string of the molecule is CCn1c(C(=O)Nc2ccc(C(F)(F)F)cn2)c(C)c2cc(Cl)ccc21. The number of benzene rings is 1. The number of aryl methyl sites for hydroxylation is 2. The second-order valence-corrected chi connectivity index (χ2v) is 6.20. The van der Waals surface area contributed by atoms with Crippen molar-refractivity contribution in [2.75, 3.05) is 5.32 Å². The molecule has 0 saturated carbocycles. The van der Waals surface area contributed by atoms with Crippen molar-refractivity contribution in [1.82, 2.24) is 9.55 Å². The maximum absolute atomic E-state index is 12.7. The zero-order valence-corrected chi connectivity index (χ0v) is 14.7. The summed E-state index contributed by atoms with van der Waals surface area (Å²) in [6.07, 6.45) is -3.78. The van der Waals surface area contributed by atoms with Crippen LogP contribution in [0.2, 0.25) is 5.02 Å². The molecule has 0 aliphatic rings. The fourth-order valence-corrected chi connectivity index (χ4v) is 3.10. The Kier molecular flexibility index (Phi) is 4.66. The molecule has 0 saturated heterocycles. The van der Waals surface area contributed by atoms with Gasteiger partial charge in [-0.15, -0.1) is 0 Å². The first-order valence-electron chi connectivity index (χ1n) is 7.85. The molecule has 0 fully saturated rings. The summed E-state index contributed by atoms with van der Waals surface area (Å²) in [4.78, 5) is 16.4. The Bertz CT molecular complexity index is 978. The number of aromatic nitrogens is 2. The number of pyridine rings is 1. The van der Waals surface area contributed by atoms with Crippen LogP contribution < -0.4 is 5.32 Å². The summed E-state index contributed by atoms with van der Waals surface area (Å²) in [5.41, 5.74) is 1.16. The van der Waals surface area contributed by atoms with Crippen LogP contribution in [0.1, 0.15) is 28.5 Å². The predicted octanol–water partition coefficient (Wildman–Crippen LogP) is 5.29. The zero-order chi connectivity index (χ0) is 19.1. The van der Waals surface area contributed by atoms with Crippen molar-refractivity contribution in [3.05, 3.63) is 58.4 Å². The molecule has 0 aliphatic heterocycles. The Morgan fingerprint density at radius 1 is 1.27 bits per heavy atom. The standard InChI is InChI=1S/C18H15ClF3N3O/c1-3-25-14-6-5-12(19)8-13(14)10(2)16(25)17(26)24-15-7-4-11(9-23-15)18(20,21)22/h4-9H,3H2,1-2H3,(H,23,24,26). The van der Waals surface area contributed by atoms with Crippen LogP contribution in [0.15, 0.2) is 36.5 Å². The molecule has 8 heteroatoms. The van der Waals surface area contributed by atoms with Crippen molar-refractivity contribution in [1.29, 1.82) is 0 Å². The summed E-state index contributed by atoms with van der Waals surface area (Å²) < 4.78 is 39.7. The average Bonchev–Trinajstić information content (AvgIpc) is 2.86. The first-order chi connectivity index (χ1) is 12.2. The number of hydrogen-bond donors (Lipinski definition) is 1. The minimum absolute atomic E-state index is 0.0494. The normalized spacial score (nSPS) is 11.8. The van der Waals surface area contributed by atoms with Crippen LogP contribution in [0.3, 0.4) is 0 Å². The van der Waals surface area contributed by atoms with Gasteiger partial charge >= 0.3 is 6.18 Å². The van der Waals surface area contributed by atoms with Crippen LogP contribution in [0.4, 0.5) is 19.0 Å². The second kappa shape index (κ2) is 6.64. The maximum atomic E-state index is 12.7. The number of amides is 1. The third-order valence-electron chi connectivity index (χ3n) is 4.14. The number of anilines is 1. The largest absolute Gasteiger partial charge is 0.417 e.